The van der Waals surface area contributed by atoms with Gasteiger partial charge >= 0.3 is 13.1 Å². The van der Waals surface area contributed by atoms with Crippen molar-refractivity contribution in [2.75, 3.05) is 26.2 Å². The maximum absolute atomic E-state index is 13.8. The molecule has 4 fully saturated rings. The maximum Gasteiger partial charge on any atom is 0.558 e. The fourth-order valence-electron chi connectivity index (χ4n) is 8.69. The fourth-order valence-corrected chi connectivity index (χ4v) is 8.69. The number of nitrogens with two attached hydrogens (primary N) is 2. The molecule has 4 aromatic rings. The summed E-state index contributed by atoms with van der Waals surface area (Å²) >= 11 is 0. The summed E-state index contributed by atoms with van der Waals surface area (Å²) in [6.07, 6.45) is 7.10. The van der Waals surface area contributed by atoms with Gasteiger partial charge < -0.3 is 30.6 Å². The average Bonchev–Trinajstić information content (AvgIpc) is 4.05. The SMILES string of the molecule is NCc1cccc(C2CCN(C(=O)c3cccc(C=CB4OC(=O)[C@](c5cccc(C(=O)N6CCC(c7cccc(CN)c7)CC6)c5)(C5CC5)O4)c3)CC2)c1. The lowest BCUT2D eigenvalue weighted by Crippen LogP contribution is -2.39. The normalized spacial score (nSPS) is 21.0. The number of benzene rings is 4. The van der Waals surface area contributed by atoms with Crippen molar-refractivity contribution in [1.29, 1.82) is 0 Å². The third-order valence-electron chi connectivity index (χ3n) is 12.0. The average molecular weight is 737 g/mol. The van der Waals surface area contributed by atoms with Gasteiger partial charge in [0.15, 0.2) is 5.60 Å². The Morgan fingerprint density at radius 2 is 1.22 bits per heavy atom. The molecule has 3 heterocycles. The molecule has 3 saturated heterocycles. The Hall–Kier alpha value is -5.03. The summed E-state index contributed by atoms with van der Waals surface area (Å²) in [5, 5.41) is 0. The molecule has 1 saturated carbocycles. The zero-order valence-corrected chi connectivity index (χ0v) is 31.3. The van der Waals surface area contributed by atoms with Crippen molar-refractivity contribution in [3.05, 3.63) is 148 Å². The van der Waals surface area contributed by atoms with E-state index in [1.165, 1.54) is 11.1 Å². The number of amides is 2. The summed E-state index contributed by atoms with van der Waals surface area (Å²) in [6, 6.07) is 31.7. The Morgan fingerprint density at radius 3 is 1.76 bits per heavy atom. The van der Waals surface area contributed by atoms with Crippen LogP contribution in [0.5, 0.6) is 0 Å². The molecule has 2 amide bonds. The van der Waals surface area contributed by atoms with Gasteiger partial charge in [0.25, 0.3) is 11.8 Å². The fraction of sp³-hybridized carbons (Fsp3) is 0.356. The zero-order valence-electron chi connectivity index (χ0n) is 31.3. The Balaban J connectivity index is 0.908. The number of nitrogens with zero attached hydrogens (tertiary/aromatic N) is 2. The molecule has 3 aliphatic heterocycles. The van der Waals surface area contributed by atoms with Gasteiger partial charge in [0.05, 0.1) is 0 Å². The molecule has 0 spiro atoms. The number of piperidine rings is 2. The highest BCUT2D eigenvalue weighted by Gasteiger charge is 2.61. The van der Waals surface area contributed by atoms with Gasteiger partial charge in [0.2, 0.25) is 0 Å². The number of carbonyl (C=O) groups excluding carboxylic acids is 3. The van der Waals surface area contributed by atoms with Crippen molar-refractivity contribution < 1.29 is 23.7 Å². The molecular formula is C45H49BN4O5. The molecule has 55 heavy (non-hydrogen) atoms. The molecule has 9 nitrogen and oxygen atoms in total. The van der Waals surface area contributed by atoms with E-state index in [4.69, 9.17) is 20.8 Å². The van der Waals surface area contributed by atoms with Gasteiger partial charge in [0, 0.05) is 56.3 Å². The van der Waals surface area contributed by atoms with Crippen molar-refractivity contribution in [2.45, 2.75) is 69.1 Å². The van der Waals surface area contributed by atoms with Gasteiger partial charge in [-0.2, -0.15) is 0 Å². The highest BCUT2D eigenvalue weighted by Crippen LogP contribution is 2.52. The minimum Gasteiger partial charge on any atom is -0.504 e. The summed E-state index contributed by atoms with van der Waals surface area (Å²) < 4.78 is 12.4. The molecule has 4 aliphatic rings. The molecule has 4 N–H and O–H groups in total. The molecule has 1 aliphatic carbocycles. The van der Waals surface area contributed by atoms with Crippen LogP contribution in [-0.2, 0) is 32.8 Å². The number of likely N-dealkylation sites (tertiary alicyclic amines) is 2. The van der Waals surface area contributed by atoms with Crippen LogP contribution in [0, 0.1) is 5.92 Å². The summed E-state index contributed by atoms with van der Waals surface area (Å²) in [7, 11) is -0.902. The van der Waals surface area contributed by atoms with Crippen molar-refractivity contribution in [3.63, 3.8) is 0 Å². The lowest BCUT2D eigenvalue weighted by molar-refractivity contribution is -0.145. The van der Waals surface area contributed by atoms with E-state index in [0.29, 0.717) is 67.8 Å². The van der Waals surface area contributed by atoms with E-state index < -0.39 is 18.7 Å². The molecule has 0 radical (unpaired) electrons. The maximum atomic E-state index is 13.8. The van der Waals surface area contributed by atoms with Gasteiger partial charge in [-0.25, -0.2) is 0 Å². The van der Waals surface area contributed by atoms with Crippen LogP contribution in [0.3, 0.4) is 0 Å². The van der Waals surface area contributed by atoms with Crippen LogP contribution in [0.1, 0.15) is 104 Å². The van der Waals surface area contributed by atoms with Crippen LogP contribution < -0.4 is 11.5 Å². The lowest BCUT2D eigenvalue weighted by atomic mass is 9.85. The predicted octanol–water partition coefficient (Wildman–Crippen LogP) is 6.56. The first kappa shape index (κ1) is 36.9. The highest BCUT2D eigenvalue weighted by atomic mass is 16.7. The van der Waals surface area contributed by atoms with Crippen molar-refractivity contribution in [3.8, 4) is 0 Å². The topological polar surface area (TPSA) is 128 Å². The van der Waals surface area contributed by atoms with E-state index >= 15 is 0 Å². The largest absolute Gasteiger partial charge is 0.558 e. The van der Waals surface area contributed by atoms with Crippen LogP contribution in [0.15, 0.2) is 103 Å². The number of rotatable bonds is 10. The standard InChI is InChI=1S/C45H49BN4O5/c47-29-32-6-2-8-36(26-32)34-16-21-49(22-17-34)42(51)38-10-1-5-31(25-38)15-20-46-54-44(53)45(55-46,40-13-14-40)41-12-4-11-39(28-41)43(52)50-23-18-35(19-24-50)37-9-3-7-33(27-37)30-48/h1-12,15,20,25-28,34-35,40H,13-14,16-19,21-24,29-30,47-48H2/t45-/m1/s1. The quantitative estimate of drug-likeness (QED) is 0.177. The van der Waals surface area contributed by atoms with Gasteiger partial charge in [-0.15, -0.1) is 0 Å². The smallest absolute Gasteiger partial charge is 0.504 e. The minimum atomic E-state index is -1.28. The van der Waals surface area contributed by atoms with Gasteiger partial charge in [-0.05, 0) is 114 Å². The second kappa shape index (κ2) is 16.0. The van der Waals surface area contributed by atoms with E-state index in [9.17, 15) is 14.4 Å². The van der Waals surface area contributed by atoms with Gasteiger partial charge in [-0.3, -0.25) is 14.4 Å². The first-order valence-corrected chi connectivity index (χ1v) is 19.8. The number of hydrogen-bond acceptors (Lipinski definition) is 7. The minimum absolute atomic E-state index is 0.0109. The Kier molecular flexibility index (Phi) is 10.7. The molecule has 8 rings (SSSR count). The Morgan fingerprint density at radius 1 is 0.691 bits per heavy atom. The zero-order chi connectivity index (χ0) is 37.9. The second-order valence-corrected chi connectivity index (χ2v) is 15.5. The summed E-state index contributed by atoms with van der Waals surface area (Å²) in [5.74, 6) is 2.05. The molecule has 10 heteroatoms. The Bertz CT molecular complexity index is 2080. The van der Waals surface area contributed by atoms with E-state index in [0.717, 1.165) is 55.2 Å². The van der Waals surface area contributed by atoms with E-state index in [1.54, 1.807) is 5.98 Å². The summed E-state index contributed by atoms with van der Waals surface area (Å²) in [4.78, 5) is 44.9. The summed E-state index contributed by atoms with van der Waals surface area (Å²) in [6.45, 7) is 3.76. The van der Waals surface area contributed by atoms with Crippen molar-refractivity contribution in [2.24, 2.45) is 17.4 Å². The molecular weight excluding hydrogens is 687 g/mol. The highest BCUT2D eigenvalue weighted by molar-refractivity contribution is 6.55. The van der Waals surface area contributed by atoms with E-state index in [1.807, 2.05) is 76.5 Å². The van der Waals surface area contributed by atoms with Crippen molar-refractivity contribution in [1.82, 2.24) is 9.80 Å². The number of hydrogen-bond donors (Lipinski definition) is 2. The lowest BCUT2D eigenvalue weighted by Gasteiger charge is -2.33. The molecule has 282 valence electrons. The van der Waals surface area contributed by atoms with E-state index in [-0.39, 0.29) is 17.7 Å². The van der Waals surface area contributed by atoms with E-state index in [2.05, 4.69) is 36.4 Å². The molecule has 4 aromatic carbocycles. The Labute approximate surface area is 323 Å². The van der Waals surface area contributed by atoms with Crippen LogP contribution in [0.2, 0.25) is 0 Å². The molecule has 0 bridgehead atoms. The molecule has 0 aromatic heterocycles. The van der Waals surface area contributed by atoms with Gasteiger partial charge in [-0.1, -0.05) is 78.9 Å². The van der Waals surface area contributed by atoms with Crippen molar-refractivity contribution >= 4 is 31.0 Å². The van der Waals surface area contributed by atoms with Crippen LogP contribution in [0.25, 0.3) is 6.08 Å². The van der Waals surface area contributed by atoms with Gasteiger partial charge in [0.1, 0.15) is 0 Å². The third-order valence-corrected chi connectivity index (χ3v) is 12.0. The van der Waals surface area contributed by atoms with Crippen LogP contribution in [0.4, 0.5) is 0 Å². The monoisotopic (exact) mass is 736 g/mol. The van der Waals surface area contributed by atoms with Crippen LogP contribution in [-0.4, -0.2) is 60.9 Å². The predicted molar refractivity (Wildman–Crippen MR) is 214 cm³/mol. The van der Waals surface area contributed by atoms with Crippen LogP contribution >= 0.6 is 0 Å². The first-order valence-electron chi connectivity index (χ1n) is 19.8. The molecule has 0 unspecified atom stereocenters. The third kappa shape index (κ3) is 7.76. The first-order chi connectivity index (χ1) is 26.8. The number of carbonyl (C=O) groups is 3. The molecule has 1 atom stereocenters. The second-order valence-electron chi connectivity index (χ2n) is 15.5. The summed E-state index contributed by atoms with van der Waals surface area (Å²) in [5.41, 5.74) is 17.9.